The number of pyridine rings is 2. The van der Waals surface area contributed by atoms with Gasteiger partial charge in [0.15, 0.2) is 0 Å². The second-order valence-corrected chi connectivity index (χ2v) is 3.83. The maximum Gasteiger partial charge on any atom is 0.137 e. The summed E-state index contributed by atoms with van der Waals surface area (Å²) in [4.78, 5) is 8.56. The summed E-state index contributed by atoms with van der Waals surface area (Å²) < 4.78 is 2.05. The SMILES string of the molecule is Cc1ccc2nc(-c3ccncc3)cn2c1. The zero-order valence-corrected chi connectivity index (χ0v) is 8.96. The quantitative estimate of drug-likeness (QED) is 0.616. The first-order valence-electron chi connectivity index (χ1n) is 5.19. The minimum absolute atomic E-state index is 0.970. The fourth-order valence-corrected chi connectivity index (χ4v) is 1.76. The number of aromatic nitrogens is 3. The Morgan fingerprint density at radius 1 is 1.00 bits per heavy atom. The minimum atomic E-state index is 0.970. The molecule has 0 aliphatic carbocycles. The van der Waals surface area contributed by atoms with Gasteiger partial charge in [-0.1, -0.05) is 6.07 Å². The highest BCUT2D eigenvalue weighted by molar-refractivity contribution is 5.61. The zero-order valence-electron chi connectivity index (χ0n) is 8.96. The molecule has 0 atom stereocenters. The van der Waals surface area contributed by atoms with Crippen molar-refractivity contribution in [1.82, 2.24) is 14.4 Å². The number of imidazole rings is 1. The van der Waals surface area contributed by atoms with Crippen LogP contribution >= 0.6 is 0 Å². The van der Waals surface area contributed by atoms with Gasteiger partial charge in [0.25, 0.3) is 0 Å². The highest BCUT2D eigenvalue weighted by Gasteiger charge is 2.03. The lowest BCUT2D eigenvalue weighted by Crippen LogP contribution is -1.82. The largest absolute Gasteiger partial charge is 0.306 e. The molecule has 0 radical (unpaired) electrons. The summed E-state index contributed by atoms with van der Waals surface area (Å²) in [5.74, 6) is 0. The van der Waals surface area contributed by atoms with Crippen LogP contribution in [0.5, 0.6) is 0 Å². The van der Waals surface area contributed by atoms with Crippen molar-refractivity contribution in [1.29, 1.82) is 0 Å². The number of hydrogen-bond acceptors (Lipinski definition) is 2. The van der Waals surface area contributed by atoms with E-state index in [1.807, 2.05) is 28.8 Å². The van der Waals surface area contributed by atoms with Crippen molar-refractivity contribution >= 4 is 5.65 Å². The fraction of sp³-hybridized carbons (Fsp3) is 0.0769. The molecular formula is C13H11N3. The van der Waals surface area contributed by atoms with E-state index in [4.69, 9.17) is 0 Å². The van der Waals surface area contributed by atoms with E-state index in [0.717, 1.165) is 16.9 Å². The Hall–Kier alpha value is -2.16. The van der Waals surface area contributed by atoms with Crippen molar-refractivity contribution in [3.05, 3.63) is 54.6 Å². The maximum atomic E-state index is 4.56. The first-order valence-corrected chi connectivity index (χ1v) is 5.19. The maximum absolute atomic E-state index is 4.56. The third-order valence-electron chi connectivity index (χ3n) is 2.58. The zero-order chi connectivity index (χ0) is 11.0. The Bertz CT molecular complexity index is 626. The predicted molar refractivity (Wildman–Crippen MR) is 63.2 cm³/mol. The molecule has 3 heteroatoms. The van der Waals surface area contributed by atoms with Gasteiger partial charge >= 0.3 is 0 Å². The second-order valence-electron chi connectivity index (χ2n) is 3.83. The molecule has 0 amide bonds. The molecule has 0 spiro atoms. The van der Waals surface area contributed by atoms with E-state index in [1.165, 1.54) is 5.56 Å². The average Bonchev–Trinajstić information content (AvgIpc) is 2.73. The Morgan fingerprint density at radius 2 is 1.81 bits per heavy atom. The summed E-state index contributed by atoms with van der Waals surface area (Å²) in [6.45, 7) is 2.07. The van der Waals surface area contributed by atoms with Gasteiger partial charge in [0, 0.05) is 30.4 Å². The molecular weight excluding hydrogens is 198 g/mol. The first-order chi connectivity index (χ1) is 7.83. The van der Waals surface area contributed by atoms with Crippen LogP contribution in [0.3, 0.4) is 0 Å². The number of nitrogens with zero attached hydrogens (tertiary/aromatic N) is 3. The summed E-state index contributed by atoms with van der Waals surface area (Å²) in [6.07, 6.45) is 7.68. The fourth-order valence-electron chi connectivity index (χ4n) is 1.76. The average molecular weight is 209 g/mol. The standard InChI is InChI=1S/C13H11N3/c1-10-2-3-13-15-12(9-16(13)8-10)11-4-6-14-7-5-11/h2-9H,1H3. The van der Waals surface area contributed by atoms with Crippen molar-refractivity contribution in [2.45, 2.75) is 6.92 Å². The number of rotatable bonds is 1. The van der Waals surface area contributed by atoms with E-state index in [2.05, 4.69) is 29.2 Å². The van der Waals surface area contributed by atoms with Crippen molar-refractivity contribution in [3.8, 4) is 11.3 Å². The molecule has 0 aliphatic rings. The van der Waals surface area contributed by atoms with Crippen LogP contribution in [0.15, 0.2) is 49.1 Å². The molecule has 0 N–H and O–H groups in total. The van der Waals surface area contributed by atoms with Gasteiger partial charge in [-0.05, 0) is 30.7 Å². The van der Waals surface area contributed by atoms with Crippen LogP contribution in [0.25, 0.3) is 16.9 Å². The molecule has 3 rings (SSSR count). The van der Waals surface area contributed by atoms with E-state index >= 15 is 0 Å². The molecule has 0 saturated carbocycles. The van der Waals surface area contributed by atoms with E-state index in [0.29, 0.717) is 0 Å². The number of fused-ring (bicyclic) bond motifs is 1. The molecule has 78 valence electrons. The van der Waals surface area contributed by atoms with E-state index in [-0.39, 0.29) is 0 Å². The van der Waals surface area contributed by atoms with Crippen LogP contribution in [0, 0.1) is 6.92 Å². The Morgan fingerprint density at radius 3 is 2.62 bits per heavy atom. The van der Waals surface area contributed by atoms with Gasteiger partial charge < -0.3 is 4.40 Å². The molecule has 0 aromatic carbocycles. The predicted octanol–water partition coefficient (Wildman–Crippen LogP) is 2.70. The first kappa shape index (κ1) is 9.09. The normalized spacial score (nSPS) is 10.8. The minimum Gasteiger partial charge on any atom is -0.306 e. The van der Waals surface area contributed by atoms with Crippen molar-refractivity contribution in [2.75, 3.05) is 0 Å². The van der Waals surface area contributed by atoms with Crippen LogP contribution in [0.4, 0.5) is 0 Å². The van der Waals surface area contributed by atoms with Gasteiger partial charge in [-0.15, -0.1) is 0 Å². The topological polar surface area (TPSA) is 30.2 Å². The van der Waals surface area contributed by atoms with Gasteiger partial charge in [0.1, 0.15) is 5.65 Å². The summed E-state index contributed by atoms with van der Waals surface area (Å²) in [5, 5.41) is 0. The molecule has 16 heavy (non-hydrogen) atoms. The molecule has 0 bridgehead atoms. The lowest BCUT2D eigenvalue weighted by molar-refractivity contribution is 1.16. The highest BCUT2D eigenvalue weighted by atomic mass is 15.0. The molecule has 3 aromatic rings. The Labute approximate surface area is 93.4 Å². The highest BCUT2D eigenvalue weighted by Crippen LogP contribution is 2.18. The van der Waals surface area contributed by atoms with Gasteiger partial charge in [-0.3, -0.25) is 4.98 Å². The van der Waals surface area contributed by atoms with Gasteiger partial charge in [0.05, 0.1) is 5.69 Å². The Balaban J connectivity index is 2.19. The van der Waals surface area contributed by atoms with Crippen molar-refractivity contribution in [3.63, 3.8) is 0 Å². The van der Waals surface area contributed by atoms with Crippen molar-refractivity contribution < 1.29 is 0 Å². The van der Waals surface area contributed by atoms with Gasteiger partial charge in [0.2, 0.25) is 0 Å². The lowest BCUT2D eigenvalue weighted by atomic mass is 10.2. The molecule has 0 saturated heterocycles. The van der Waals surface area contributed by atoms with E-state index in [1.54, 1.807) is 12.4 Å². The summed E-state index contributed by atoms with van der Waals surface area (Å²) >= 11 is 0. The van der Waals surface area contributed by atoms with Gasteiger partial charge in [-0.2, -0.15) is 0 Å². The lowest BCUT2D eigenvalue weighted by Gasteiger charge is -1.93. The number of hydrogen-bond donors (Lipinski definition) is 0. The van der Waals surface area contributed by atoms with Crippen LogP contribution in [0.1, 0.15) is 5.56 Å². The summed E-state index contributed by atoms with van der Waals surface area (Å²) in [6, 6.07) is 8.03. The Kier molecular flexibility index (Phi) is 1.96. The molecule has 0 unspecified atom stereocenters. The van der Waals surface area contributed by atoms with Crippen LogP contribution in [-0.4, -0.2) is 14.4 Å². The second kappa shape index (κ2) is 3.45. The smallest absolute Gasteiger partial charge is 0.137 e. The molecule has 3 nitrogen and oxygen atoms in total. The molecule has 0 fully saturated rings. The summed E-state index contributed by atoms with van der Waals surface area (Å²) in [7, 11) is 0. The van der Waals surface area contributed by atoms with E-state index in [9.17, 15) is 0 Å². The molecule has 0 aliphatic heterocycles. The summed E-state index contributed by atoms with van der Waals surface area (Å²) in [5.41, 5.74) is 4.27. The third kappa shape index (κ3) is 1.46. The number of aryl methyl sites for hydroxylation is 1. The van der Waals surface area contributed by atoms with Gasteiger partial charge in [-0.25, -0.2) is 4.98 Å². The monoisotopic (exact) mass is 209 g/mol. The third-order valence-corrected chi connectivity index (χ3v) is 2.58. The molecule has 3 heterocycles. The van der Waals surface area contributed by atoms with Crippen LogP contribution in [-0.2, 0) is 0 Å². The van der Waals surface area contributed by atoms with Crippen LogP contribution < -0.4 is 0 Å². The van der Waals surface area contributed by atoms with Crippen molar-refractivity contribution in [2.24, 2.45) is 0 Å². The van der Waals surface area contributed by atoms with Crippen LogP contribution in [0.2, 0.25) is 0 Å². The van der Waals surface area contributed by atoms with E-state index < -0.39 is 0 Å². The molecule has 3 aromatic heterocycles.